The fourth-order valence-corrected chi connectivity index (χ4v) is 4.66. The minimum Gasteiger partial charge on any atom is -0.489 e. The third kappa shape index (κ3) is 4.15. The van der Waals surface area contributed by atoms with Crippen molar-refractivity contribution in [3.05, 3.63) is 76.1 Å². The number of benzene rings is 2. The van der Waals surface area contributed by atoms with Crippen LogP contribution < -0.4 is 10.3 Å². The quantitative estimate of drug-likeness (QED) is 0.569. The summed E-state index contributed by atoms with van der Waals surface area (Å²) in [6, 6.07) is 18.1. The molecule has 2 aromatic carbocycles. The van der Waals surface area contributed by atoms with Gasteiger partial charge in [0.15, 0.2) is 0 Å². The molecule has 3 atom stereocenters. The minimum atomic E-state index is -0.0424. The third-order valence-electron chi connectivity index (χ3n) is 6.84. The van der Waals surface area contributed by atoms with Gasteiger partial charge in [0, 0.05) is 20.2 Å². The Labute approximate surface area is 178 Å². The van der Waals surface area contributed by atoms with Gasteiger partial charge in [-0.15, -0.1) is 0 Å². The molecule has 3 aromatic rings. The van der Waals surface area contributed by atoms with Gasteiger partial charge >= 0.3 is 0 Å². The van der Waals surface area contributed by atoms with Gasteiger partial charge in [0.2, 0.25) is 0 Å². The number of fused-ring (bicyclic) bond motifs is 1. The largest absolute Gasteiger partial charge is 0.489 e. The number of methoxy groups -OCH3 is 1. The van der Waals surface area contributed by atoms with Gasteiger partial charge in [0.1, 0.15) is 12.4 Å². The van der Waals surface area contributed by atoms with Crippen LogP contribution in [0, 0.1) is 5.92 Å². The molecule has 30 heavy (non-hydrogen) atoms. The minimum absolute atomic E-state index is 0.00447. The van der Waals surface area contributed by atoms with Gasteiger partial charge in [0.05, 0.1) is 11.1 Å². The van der Waals surface area contributed by atoms with Gasteiger partial charge in [-0.3, -0.25) is 4.79 Å². The fraction of sp³-hybridized carbons (Fsp3) is 0.423. The summed E-state index contributed by atoms with van der Waals surface area (Å²) in [6.07, 6.45) is 3.34. The number of rotatable bonds is 5. The SMILES string of the molecule is COC1(C)CCC(C)C(c2cccc(OCc3ccc4c(ccc(=O)n4C)c3)c2)C1. The number of hydrogen-bond acceptors (Lipinski definition) is 3. The Balaban J connectivity index is 1.50. The summed E-state index contributed by atoms with van der Waals surface area (Å²) in [5.41, 5.74) is 3.31. The first-order chi connectivity index (χ1) is 14.4. The van der Waals surface area contributed by atoms with Crippen molar-refractivity contribution in [1.82, 2.24) is 4.57 Å². The number of aromatic nitrogens is 1. The molecular weight excluding hydrogens is 374 g/mol. The molecule has 4 rings (SSSR count). The number of nitrogens with zero attached hydrogens (tertiary/aromatic N) is 1. The highest BCUT2D eigenvalue weighted by atomic mass is 16.5. The Morgan fingerprint density at radius 3 is 2.77 bits per heavy atom. The highest BCUT2D eigenvalue weighted by molar-refractivity contribution is 5.79. The zero-order valence-electron chi connectivity index (χ0n) is 18.4. The van der Waals surface area contributed by atoms with Crippen molar-refractivity contribution in [2.75, 3.05) is 7.11 Å². The molecule has 0 saturated heterocycles. The van der Waals surface area contributed by atoms with E-state index in [9.17, 15) is 4.79 Å². The molecule has 1 heterocycles. The lowest BCUT2D eigenvalue weighted by molar-refractivity contribution is -0.0398. The van der Waals surface area contributed by atoms with Crippen LogP contribution in [0.25, 0.3) is 10.9 Å². The Kier molecular flexibility index (Phi) is 5.70. The topological polar surface area (TPSA) is 40.5 Å². The zero-order valence-corrected chi connectivity index (χ0v) is 18.4. The van der Waals surface area contributed by atoms with Crippen molar-refractivity contribution in [3.63, 3.8) is 0 Å². The highest BCUT2D eigenvalue weighted by Gasteiger charge is 2.36. The van der Waals surface area contributed by atoms with Crippen LogP contribution in [0.1, 0.15) is 50.2 Å². The maximum atomic E-state index is 11.8. The third-order valence-corrected chi connectivity index (χ3v) is 6.84. The first-order valence-electron chi connectivity index (χ1n) is 10.8. The molecule has 0 radical (unpaired) electrons. The Morgan fingerprint density at radius 1 is 1.13 bits per heavy atom. The van der Waals surface area contributed by atoms with E-state index in [4.69, 9.17) is 9.47 Å². The second kappa shape index (κ2) is 8.27. The lowest BCUT2D eigenvalue weighted by atomic mass is 9.70. The van der Waals surface area contributed by atoms with Crippen LogP contribution in [0.15, 0.2) is 59.4 Å². The van der Waals surface area contributed by atoms with Gasteiger partial charge in [-0.1, -0.05) is 25.1 Å². The lowest BCUT2D eigenvalue weighted by Crippen LogP contribution is -2.36. The molecule has 0 aliphatic heterocycles. The first kappa shape index (κ1) is 20.7. The second-order valence-electron chi connectivity index (χ2n) is 8.97. The highest BCUT2D eigenvalue weighted by Crippen LogP contribution is 2.44. The molecule has 1 fully saturated rings. The van der Waals surface area contributed by atoms with Crippen molar-refractivity contribution in [2.45, 2.75) is 51.2 Å². The number of ether oxygens (including phenoxy) is 2. The van der Waals surface area contributed by atoms with Crippen LogP contribution in [0.2, 0.25) is 0 Å². The molecule has 1 aliphatic rings. The van der Waals surface area contributed by atoms with Gasteiger partial charge in [0.25, 0.3) is 5.56 Å². The van der Waals surface area contributed by atoms with E-state index in [1.807, 2.05) is 31.4 Å². The summed E-state index contributed by atoms with van der Waals surface area (Å²) in [5, 5.41) is 1.04. The van der Waals surface area contributed by atoms with Crippen LogP contribution in [0.5, 0.6) is 5.75 Å². The van der Waals surface area contributed by atoms with Crippen LogP contribution in [0.4, 0.5) is 0 Å². The van der Waals surface area contributed by atoms with Gasteiger partial charge in [-0.05, 0) is 84.9 Å². The summed E-state index contributed by atoms with van der Waals surface area (Å²) in [5.74, 6) is 2.01. The molecule has 0 spiro atoms. The zero-order chi connectivity index (χ0) is 21.3. The average molecular weight is 406 g/mol. The van der Waals surface area contributed by atoms with Crippen LogP contribution in [-0.2, 0) is 18.4 Å². The van der Waals surface area contributed by atoms with Crippen molar-refractivity contribution in [2.24, 2.45) is 13.0 Å². The fourth-order valence-electron chi connectivity index (χ4n) is 4.66. The van der Waals surface area contributed by atoms with Crippen LogP contribution in [0.3, 0.4) is 0 Å². The van der Waals surface area contributed by atoms with Crippen molar-refractivity contribution >= 4 is 10.9 Å². The normalized spacial score (nSPS) is 24.1. The molecule has 1 aliphatic carbocycles. The summed E-state index contributed by atoms with van der Waals surface area (Å²) in [4.78, 5) is 11.8. The van der Waals surface area contributed by atoms with E-state index in [0.717, 1.165) is 35.1 Å². The lowest BCUT2D eigenvalue weighted by Gasteiger charge is -2.41. The summed E-state index contributed by atoms with van der Waals surface area (Å²) in [7, 11) is 3.63. The predicted molar refractivity (Wildman–Crippen MR) is 121 cm³/mol. The van der Waals surface area contributed by atoms with Crippen LogP contribution >= 0.6 is 0 Å². The second-order valence-corrected chi connectivity index (χ2v) is 8.97. The smallest absolute Gasteiger partial charge is 0.250 e. The van der Waals surface area contributed by atoms with E-state index in [-0.39, 0.29) is 11.2 Å². The number of hydrogen-bond donors (Lipinski definition) is 0. The monoisotopic (exact) mass is 405 g/mol. The van der Waals surface area contributed by atoms with E-state index >= 15 is 0 Å². The summed E-state index contributed by atoms with van der Waals surface area (Å²) < 4.78 is 13.6. The molecule has 4 nitrogen and oxygen atoms in total. The Bertz CT molecular complexity index is 1100. The molecule has 0 amide bonds. The van der Waals surface area contributed by atoms with Crippen molar-refractivity contribution in [3.8, 4) is 5.75 Å². The van der Waals surface area contributed by atoms with E-state index in [1.165, 1.54) is 12.0 Å². The molecule has 4 heteroatoms. The molecule has 3 unspecified atom stereocenters. The first-order valence-corrected chi connectivity index (χ1v) is 10.8. The van der Waals surface area contributed by atoms with Crippen LogP contribution in [-0.4, -0.2) is 17.3 Å². The van der Waals surface area contributed by atoms with Gasteiger partial charge in [-0.2, -0.15) is 0 Å². The molecule has 1 saturated carbocycles. The molecule has 0 N–H and O–H groups in total. The van der Waals surface area contributed by atoms with E-state index in [2.05, 4.69) is 38.1 Å². The maximum Gasteiger partial charge on any atom is 0.250 e. The molecule has 158 valence electrons. The molecule has 1 aromatic heterocycles. The van der Waals surface area contributed by atoms with Gasteiger partial charge < -0.3 is 14.0 Å². The molecular formula is C26H31NO3. The average Bonchev–Trinajstić information content (AvgIpc) is 2.77. The van der Waals surface area contributed by atoms with E-state index in [1.54, 1.807) is 17.7 Å². The van der Waals surface area contributed by atoms with E-state index in [0.29, 0.717) is 18.4 Å². The Morgan fingerprint density at radius 2 is 1.97 bits per heavy atom. The van der Waals surface area contributed by atoms with E-state index < -0.39 is 0 Å². The summed E-state index contributed by atoms with van der Waals surface area (Å²) in [6.45, 7) is 5.07. The van der Waals surface area contributed by atoms with Gasteiger partial charge in [-0.25, -0.2) is 0 Å². The van der Waals surface area contributed by atoms with Crippen molar-refractivity contribution in [1.29, 1.82) is 0 Å². The maximum absolute atomic E-state index is 11.8. The molecule has 0 bridgehead atoms. The standard InChI is InChI=1S/C26H31NO3/c1-18-12-13-26(2,29-4)16-23(18)20-6-5-7-22(15-20)30-17-19-8-10-24-21(14-19)9-11-25(28)27(24)3/h5-11,14-15,18,23H,12-13,16-17H2,1-4H3. The predicted octanol–water partition coefficient (Wildman–Crippen LogP) is 5.43. The number of aryl methyl sites for hydroxylation is 1. The van der Waals surface area contributed by atoms with Crippen molar-refractivity contribution < 1.29 is 9.47 Å². The Hall–Kier alpha value is -2.59. The summed E-state index contributed by atoms with van der Waals surface area (Å²) >= 11 is 0. The number of pyridine rings is 1.